The highest BCUT2D eigenvalue weighted by Gasteiger charge is 2.59. The highest BCUT2D eigenvalue weighted by molar-refractivity contribution is 7.91. The maximum Gasteiger partial charge on any atom is 0.313 e. The van der Waals surface area contributed by atoms with Crippen molar-refractivity contribution in [3.05, 3.63) is 0 Å². The minimum absolute atomic E-state index is 0.0340. The van der Waals surface area contributed by atoms with Crippen LogP contribution < -0.4 is 0 Å². The zero-order chi connectivity index (χ0) is 9.69. The van der Waals surface area contributed by atoms with E-state index in [2.05, 4.69) is 0 Å². The van der Waals surface area contributed by atoms with Crippen LogP contribution in [-0.4, -0.2) is 44.2 Å². The molecule has 2 aliphatic rings. The van der Waals surface area contributed by atoms with Crippen LogP contribution in [0.1, 0.15) is 0 Å². The fourth-order valence-electron chi connectivity index (χ4n) is 2.08. The normalized spacial score (nSPS) is 41.7. The predicted octanol–water partition coefficient (Wildman–Crippen LogP) is -0.868. The quantitative estimate of drug-likeness (QED) is 0.603. The van der Waals surface area contributed by atoms with Gasteiger partial charge in [0.15, 0.2) is 9.84 Å². The van der Waals surface area contributed by atoms with Gasteiger partial charge in [-0.3, -0.25) is 4.79 Å². The molecule has 74 valence electrons. The summed E-state index contributed by atoms with van der Waals surface area (Å²) in [6.07, 6.45) is 0. The van der Waals surface area contributed by atoms with E-state index in [4.69, 9.17) is 9.84 Å². The molecule has 0 unspecified atom stereocenters. The Morgan fingerprint density at radius 2 is 2.23 bits per heavy atom. The highest BCUT2D eigenvalue weighted by atomic mass is 32.2. The van der Waals surface area contributed by atoms with Gasteiger partial charge in [0.1, 0.15) is 5.41 Å². The number of ether oxygens (including phenoxy) is 1. The van der Waals surface area contributed by atoms with Crippen LogP contribution in [0.4, 0.5) is 0 Å². The van der Waals surface area contributed by atoms with Crippen molar-refractivity contribution < 1.29 is 23.1 Å². The minimum atomic E-state index is -3.17. The lowest BCUT2D eigenvalue weighted by Gasteiger charge is -2.18. The molecule has 0 radical (unpaired) electrons. The van der Waals surface area contributed by atoms with Gasteiger partial charge in [0.2, 0.25) is 0 Å². The van der Waals surface area contributed by atoms with E-state index in [1.54, 1.807) is 0 Å². The first-order valence-corrected chi connectivity index (χ1v) is 5.80. The summed E-state index contributed by atoms with van der Waals surface area (Å²) >= 11 is 0. The number of carbonyl (C=O) groups is 1. The monoisotopic (exact) mass is 206 g/mol. The standard InChI is InChI=1S/C7H10O5S/c8-6(9)7-3-12-1-5(7)2-13(10,11)4-7/h5H,1-4H2,(H,8,9)/t5-,7-/m1/s1. The number of carboxylic acids is 1. The Morgan fingerprint density at radius 1 is 1.54 bits per heavy atom. The van der Waals surface area contributed by atoms with Gasteiger partial charge in [-0.05, 0) is 0 Å². The average molecular weight is 206 g/mol. The molecule has 2 aliphatic heterocycles. The molecule has 2 atom stereocenters. The third-order valence-electron chi connectivity index (χ3n) is 2.82. The second kappa shape index (κ2) is 2.45. The van der Waals surface area contributed by atoms with Crippen LogP contribution in [0.5, 0.6) is 0 Å². The van der Waals surface area contributed by atoms with Crippen molar-refractivity contribution in [2.75, 3.05) is 24.7 Å². The summed E-state index contributed by atoms with van der Waals surface area (Å²) < 4.78 is 27.5. The van der Waals surface area contributed by atoms with E-state index in [1.807, 2.05) is 0 Å². The Kier molecular flexibility index (Phi) is 1.69. The van der Waals surface area contributed by atoms with Gasteiger partial charge in [-0.1, -0.05) is 0 Å². The van der Waals surface area contributed by atoms with Gasteiger partial charge in [-0.25, -0.2) is 8.42 Å². The number of aliphatic carboxylic acids is 1. The molecule has 0 aromatic carbocycles. The molecule has 0 bridgehead atoms. The Hall–Kier alpha value is -0.620. The number of sulfone groups is 1. The predicted molar refractivity (Wildman–Crippen MR) is 43.0 cm³/mol. The fourth-order valence-corrected chi connectivity index (χ4v) is 4.46. The fraction of sp³-hybridized carbons (Fsp3) is 0.857. The Balaban J connectivity index is 2.41. The molecule has 0 spiro atoms. The van der Waals surface area contributed by atoms with Gasteiger partial charge in [0.05, 0.1) is 24.7 Å². The number of hydrogen-bond acceptors (Lipinski definition) is 4. The van der Waals surface area contributed by atoms with Crippen LogP contribution in [0, 0.1) is 11.3 Å². The first kappa shape index (κ1) is 8.96. The van der Waals surface area contributed by atoms with Crippen LogP contribution >= 0.6 is 0 Å². The minimum Gasteiger partial charge on any atom is -0.481 e. The molecule has 5 nitrogen and oxygen atoms in total. The summed E-state index contributed by atoms with van der Waals surface area (Å²) in [6.45, 7) is 0.289. The molecule has 0 amide bonds. The second-order valence-corrected chi connectivity index (χ2v) is 5.84. The topological polar surface area (TPSA) is 80.7 Å². The summed E-state index contributed by atoms with van der Waals surface area (Å²) in [5.74, 6) is -1.70. The molecule has 2 saturated heterocycles. The van der Waals surface area contributed by atoms with E-state index in [1.165, 1.54) is 0 Å². The summed E-state index contributed by atoms with van der Waals surface area (Å²) in [5, 5.41) is 8.96. The van der Waals surface area contributed by atoms with Crippen molar-refractivity contribution in [2.45, 2.75) is 0 Å². The first-order valence-electron chi connectivity index (χ1n) is 3.98. The molecule has 2 fully saturated rings. The van der Waals surface area contributed by atoms with Crippen LogP contribution in [0.2, 0.25) is 0 Å². The van der Waals surface area contributed by atoms with E-state index < -0.39 is 21.2 Å². The second-order valence-electron chi connectivity index (χ2n) is 3.73. The van der Waals surface area contributed by atoms with Gasteiger partial charge in [-0.2, -0.15) is 0 Å². The molecule has 2 heterocycles. The summed E-state index contributed by atoms with van der Waals surface area (Å²) in [7, 11) is -3.17. The zero-order valence-electron chi connectivity index (χ0n) is 6.89. The molecule has 13 heavy (non-hydrogen) atoms. The molecule has 0 aliphatic carbocycles. The number of carboxylic acid groups (broad SMARTS) is 1. The van der Waals surface area contributed by atoms with Crippen molar-refractivity contribution >= 4 is 15.8 Å². The van der Waals surface area contributed by atoms with Gasteiger partial charge >= 0.3 is 5.97 Å². The molecule has 1 N–H and O–H groups in total. The lowest BCUT2D eigenvalue weighted by atomic mass is 9.81. The Bertz CT molecular complexity index is 346. The summed E-state index contributed by atoms with van der Waals surface area (Å²) in [4.78, 5) is 10.9. The van der Waals surface area contributed by atoms with E-state index in [0.29, 0.717) is 0 Å². The molecular formula is C7H10O5S. The smallest absolute Gasteiger partial charge is 0.313 e. The van der Waals surface area contributed by atoms with E-state index in [-0.39, 0.29) is 30.6 Å². The van der Waals surface area contributed by atoms with Crippen LogP contribution in [0.25, 0.3) is 0 Å². The Morgan fingerprint density at radius 3 is 2.77 bits per heavy atom. The molecule has 0 saturated carbocycles. The summed E-state index contributed by atoms with van der Waals surface area (Å²) in [6, 6.07) is 0. The van der Waals surface area contributed by atoms with Crippen molar-refractivity contribution in [3.8, 4) is 0 Å². The van der Waals surface area contributed by atoms with Crippen LogP contribution in [0.3, 0.4) is 0 Å². The van der Waals surface area contributed by atoms with Crippen molar-refractivity contribution in [1.82, 2.24) is 0 Å². The van der Waals surface area contributed by atoms with Crippen molar-refractivity contribution in [1.29, 1.82) is 0 Å². The van der Waals surface area contributed by atoms with E-state index in [0.717, 1.165) is 0 Å². The first-order chi connectivity index (χ1) is 5.96. The van der Waals surface area contributed by atoms with Gasteiger partial charge in [0, 0.05) is 5.92 Å². The van der Waals surface area contributed by atoms with Crippen LogP contribution in [0.15, 0.2) is 0 Å². The third-order valence-corrected chi connectivity index (χ3v) is 4.68. The number of rotatable bonds is 1. The Labute approximate surface area is 75.6 Å². The lowest BCUT2D eigenvalue weighted by Crippen LogP contribution is -2.37. The maximum atomic E-state index is 11.2. The van der Waals surface area contributed by atoms with Gasteiger partial charge in [-0.15, -0.1) is 0 Å². The molecule has 6 heteroatoms. The van der Waals surface area contributed by atoms with Gasteiger partial charge < -0.3 is 9.84 Å². The molecular weight excluding hydrogens is 196 g/mol. The van der Waals surface area contributed by atoms with E-state index >= 15 is 0 Å². The van der Waals surface area contributed by atoms with Crippen molar-refractivity contribution in [2.24, 2.45) is 11.3 Å². The highest BCUT2D eigenvalue weighted by Crippen LogP contribution is 2.42. The molecule has 0 aromatic heterocycles. The summed E-state index contributed by atoms with van der Waals surface area (Å²) in [5.41, 5.74) is -1.15. The SMILES string of the molecule is O=C(O)[C@@]12COC[C@@H]1CS(=O)(=O)C2. The van der Waals surface area contributed by atoms with E-state index in [9.17, 15) is 13.2 Å². The largest absolute Gasteiger partial charge is 0.481 e. The van der Waals surface area contributed by atoms with Crippen LogP contribution in [-0.2, 0) is 19.4 Å². The third kappa shape index (κ3) is 1.16. The zero-order valence-corrected chi connectivity index (χ0v) is 7.71. The van der Waals surface area contributed by atoms with Crippen molar-refractivity contribution in [3.63, 3.8) is 0 Å². The molecule has 2 rings (SSSR count). The van der Waals surface area contributed by atoms with Gasteiger partial charge in [0.25, 0.3) is 0 Å². The maximum absolute atomic E-state index is 11.2. The lowest BCUT2D eigenvalue weighted by molar-refractivity contribution is -0.148. The number of hydrogen-bond donors (Lipinski definition) is 1. The average Bonchev–Trinajstić information content (AvgIpc) is 2.40. The molecule has 0 aromatic rings. The number of fused-ring (bicyclic) bond motifs is 1.